The van der Waals surface area contributed by atoms with Crippen LogP contribution in [0.2, 0.25) is 0 Å². The summed E-state index contributed by atoms with van der Waals surface area (Å²) in [5.41, 5.74) is 3.13. The SMILES string of the molecule is Cc1oc(-c2ccccc2)nc1CCOc1ccc(CCCCC=C2SC(=O)NC2=O)cc1. The zero-order chi connectivity index (χ0) is 23.0. The van der Waals surface area contributed by atoms with Crippen LogP contribution >= 0.6 is 11.8 Å². The number of allylic oxidation sites excluding steroid dienone is 1. The van der Waals surface area contributed by atoms with Crippen LogP contribution in [0.5, 0.6) is 5.75 Å². The molecule has 4 rings (SSSR count). The summed E-state index contributed by atoms with van der Waals surface area (Å²) in [6.45, 7) is 2.46. The molecule has 0 saturated carbocycles. The van der Waals surface area contributed by atoms with Gasteiger partial charge in [0.05, 0.1) is 17.2 Å². The van der Waals surface area contributed by atoms with Crippen molar-refractivity contribution in [1.29, 1.82) is 0 Å². The number of rotatable bonds is 10. The van der Waals surface area contributed by atoms with Crippen molar-refractivity contribution in [3.8, 4) is 17.2 Å². The molecule has 1 fully saturated rings. The predicted octanol–water partition coefficient (Wildman–Crippen LogP) is 5.85. The molecule has 1 aliphatic rings. The smallest absolute Gasteiger partial charge is 0.290 e. The summed E-state index contributed by atoms with van der Waals surface area (Å²) in [6.07, 6.45) is 6.26. The van der Waals surface area contributed by atoms with Gasteiger partial charge in [-0.25, -0.2) is 4.98 Å². The third-order valence-corrected chi connectivity index (χ3v) is 6.20. The van der Waals surface area contributed by atoms with E-state index < -0.39 is 0 Å². The maximum absolute atomic E-state index is 11.5. The first-order valence-electron chi connectivity index (χ1n) is 11.1. The van der Waals surface area contributed by atoms with Gasteiger partial charge in [0, 0.05) is 12.0 Å². The van der Waals surface area contributed by atoms with Crippen molar-refractivity contribution in [2.45, 2.75) is 39.0 Å². The summed E-state index contributed by atoms with van der Waals surface area (Å²) in [7, 11) is 0. The van der Waals surface area contributed by atoms with E-state index in [1.165, 1.54) is 5.56 Å². The number of unbranched alkanes of at least 4 members (excludes halogenated alkanes) is 2. The lowest BCUT2D eigenvalue weighted by molar-refractivity contribution is -0.115. The molecular weight excluding hydrogens is 436 g/mol. The van der Waals surface area contributed by atoms with Crippen molar-refractivity contribution in [3.05, 3.63) is 82.6 Å². The van der Waals surface area contributed by atoms with Crippen molar-refractivity contribution in [1.82, 2.24) is 10.3 Å². The first-order chi connectivity index (χ1) is 16.1. The van der Waals surface area contributed by atoms with Crippen molar-refractivity contribution in [3.63, 3.8) is 0 Å². The number of benzene rings is 2. The van der Waals surface area contributed by atoms with E-state index in [4.69, 9.17) is 9.15 Å². The number of carbonyl (C=O) groups is 2. The van der Waals surface area contributed by atoms with Gasteiger partial charge >= 0.3 is 0 Å². The fourth-order valence-corrected chi connectivity index (χ4v) is 4.24. The van der Waals surface area contributed by atoms with E-state index in [-0.39, 0.29) is 11.1 Å². The van der Waals surface area contributed by atoms with Crippen LogP contribution in [0.15, 0.2) is 70.0 Å². The van der Waals surface area contributed by atoms with Crippen LogP contribution < -0.4 is 10.1 Å². The Labute approximate surface area is 197 Å². The Morgan fingerprint density at radius 2 is 1.82 bits per heavy atom. The molecule has 0 radical (unpaired) electrons. The lowest BCUT2D eigenvalue weighted by Gasteiger charge is -2.07. The van der Waals surface area contributed by atoms with Gasteiger partial charge in [-0.05, 0) is 74.2 Å². The quantitative estimate of drug-likeness (QED) is 0.301. The number of hydrogen-bond acceptors (Lipinski definition) is 6. The molecule has 1 aromatic heterocycles. The molecule has 7 heteroatoms. The zero-order valence-electron chi connectivity index (χ0n) is 18.5. The highest BCUT2D eigenvalue weighted by molar-refractivity contribution is 8.18. The molecule has 3 aromatic rings. The third-order valence-electron chi connectivity index (χ3n) is 5.34. The highest BCUT2D eigenvalue weighted by Crippen LogP contribution is 2.24. The largest absolute Gasteiger partial charge is 0.493 e. The normalized spacial score (nSPS) is 14.6. The highest BCUT2D eigenvalue weighted by atomic mass is 32.2. The molecule has 2 aromatic carbocycles. The number of aromatic nitrogens is 1. The molecule has 0 bridgehead atoms. The Balaban J connectivity index is 1.18. The van der Waals surface area contributed by atoms with Gasteiger partial charge in [0.25, 0.3) is 11.1 Å². The van der Waals surface area contributed by atoms with Crippen molar-refractivity contribution in [2.24, 2.45) is 0 Å². The van der Waals surface area contributed by atoms with Gasteiger partial charge in [0.2, 0.25) is 5.89 Å². The number of amides is 2. The van der Waals surface area contributed by atoms with Crippen molar-refractivity contribution < 1.29 is 18.7 Å². The fourth-order valence-electron chi connectivity index (χ4n) is 3.55. The molecule has 0 spiro atoms. The van der Waals surface area contributed by atoms with E-state index in [0.29, 0.717) is 23.8 Å². The van der Waals surface area contributed by atoms with Crippen LogP contribution in [0, 0.1) is 6.92 Å². The van der Waals surface area contributed by atoms with E-state index in [1.54, 1.807) is 0 Å². The monoisotopic (exact) mass is 462 g/mol. The molecule has 6 nitrogen and oxygen atoms in total. The van der Waals surface area contributed by atoms with Crippen LogP contribution in [0.1, 0.15) is 36.3 Å². The van der Waals surface area contributed by atoms with E-state index in [2.05, 4.69) is 22.4 Å². The molecule has 1 saturated heterocycles. The minimum absolute atomic E-state index is 0.282. The van der Waals surface area contributed by atoms with E-state index in [9.17, 15) is 9.59 Å². The summed E-state index contributed by atoms with van der Waals surface area (Å²) in [5, 5.41) is 1.98. The number of oxazole rings is 1. The first-order valence-corrected chi connectivity index (χ1v) is 11.9. The van der Waals surface area contributed by atoms with Crippen LogP contribution in [0.3, 0.4) is 0 Å². The van der Waals surface area contributed by atoms with Gasteiger partial charge in [-0.3, -0.25) is 14.9 Å². The maximum atomic E-state index is 11.5. The number of nitrogens with zero attached hydrogens (tertiary/aromatic N) is 1. The van der Waals surface area contributed by atoms with Crippen LogP contribution in [0.25, 0.3) is 11.5 Å². The average molecular weight is 463 g/mol. The fraction of sp³-hybridized carbons (Fsp3) is 0.269. The number of thioether (sulfide) groups is 1. The number of imide groups is 1. The summed E-state index contributed by atoms with van der Waals surface area (Å²) in [5.74, 6) is 2.02. The maximum Gasteiger partial charge on any atom is 0.290 e. The van der Waals surface area contributed by atoms with Crippen LogP contribution in [0.4, 0.5) is 4.79 Å². The van der Waals surface area contributed by atoms with Gasteiger partial charge in [-0.15, -0.1) is 0 Å². The predicted molar refractivity (Wildman–Crippen MR) is 129 cm³/mol. The van der Waals surface area contributed by atoms with Crippen molar-refractivity contribution >= 4 is 22.9 Å². The number of nitrogens with one attached hydrogen (secondary N) is 1. The molecule has 0 unspecified atom stereocenters. The standard InChI is InChI=1S/C26H26N2O4S/c1-18-22(27-25(32-18)20-9-5-3-6-10-20)16-17-31-21-14-12-19(13-15-21)8-4-2-7-11-23-24(29)28-26(30)33-23/h3,5-6,9-15H,2,4,7-8,16-17H2,1H3,(H,28,29,30). The Kier molecular flexibility index (Phi) is 7.62. The molecule has 2 heterocycles. The minimum atomic E-state index is -0.290. The third kappa shape index (κ3) is 6.35. The average Bonchev–Trinajstić information content (AvgIpc) is 3.35. The molecule has 33 heavy (non-hydrogen) atoms. The molecule has 1 N–H and O–H groups in total. The zero-order valence-corrected chi connectivity index (χ0v) is 19.3. The Bertz CT molecular complexity index is 1140. The van der Waals surface area contributed by atoms with Gasteiger partial charge in [-0.1, -0.05) is 36.4 Å². The second kappa shape index (κ2) is 11.0. The molecule has 1 aliphatic heterocycles. The lowest BCUT2D eigenvalue weighted by atomic mass is 10.1. The summed E-state index contributed by atoms with van der Waals surface area (Å²) in [4.78, 5) is 27.8. The number of ether oxygens (including phenoxy) is 1. The van der Waals surface area contributed by atoms with Gasteiger partial charge < -0.3 is 9.15 Å². The highest BCUT2D eigenvalue weighted by Gasteiger charge is 2.24. The summed E-state index contributed by atoms with van der Waals surface area (Å²) in [6, 6.07) is 18.0. The Hall–Kier alpha value is -3.32. The second-order valence-electron chi connectivity index (χ2n) is 7.79. The number of aryl methyl sites for hydroxylation is 2. The summed E-state index contributed by atoms with van der Waals surface area (Å²) >= 11 is 0.974. The topological polar surface area (TPSA) is 81.4 Å². The molecule has 2 amide bonds. The van der Waals surface area contributed by atoms with E-state index in [1.807, 2.05) is 55.5 Å². The number of hydrogen-bond donors (Lipinski definition) is 1. The second-order valence-corrected chi connectivity index (χ2v) is 8.80. The Morgan fingerprint density at radius 1 is 1.03 bits per heavy atom. The molecule has 170 valence electrons. The number of carbonyl (C=O) groups excluding carboxylic acids is 2. The van der Waals surface area contributed by atoms with Gasteiger partial charge in [-0.2, -0.15) is 0 Å². The van der Waals surface area contributed by atoms with Gasteiger partial charge in [0.15, 0.2) is 0 Å². The van der Waals surface area contributed by atoms with Crippen LogP contribution in [-0.4, -0.2) is 22.7 Å². The molecule has 0 atom stereocenters. The first kappa shape index (κ1) is 22.9. The molecular formula is C26H26N2O4S. The van der Waals surface area contributed by atoms with E-state index in [0.717, 1.165) is 60.2 Å². The summed E-state index contributed by atoms with van der Waals surface area (Å²) < 4.78 is 11.7. The van der Waals surface area contributed by atoms with Crippen LogP contribution in [-0.2, 0) is 17.6 Å². The lowest BCUT2D eigenvalue weighted by Crippen LogP contribution is -2.17. The molecule has 0 aliphatic carbocycles. The van der Waals surface area contributed by atoms with E-state index >= 15 is 0 Å². The Morgan fingerprint density at radius 3 is 2.55 bits per heavy atom. The minimum Gasteiger partial charge on any atom is -0.493 e. The van der Waals surface area contributed by atoms with Gasteiger partial charge in [0.1, 0.15) is 11.5 Å². The van der Waals surface area contributed by atoms with Crippen molar-refractivity contribution in [2.75, 3.05) is 6.61 Å².